The fraction of sp³-hybridized carbons (Fsp3) is 0.0588. The molecule has 0 aromatic heterocycles. The first-order chi connectivity index (χ1) is 17.6. The van der Waals surface area contributed by atoms with Gasteiger partial charge in [-0.05, 0) is 31.9 Å². The summed E-state index contributed by atoms with van der Waals surface area (Å²) >= 11 is 0. The topological polar surface area (TPSA) is 0 Å². The van der Waals surface area contributed by atoms with Crippen molar-refractivity contribution >= 4 is 57.5 Å². The van der Waals surface area contributed by atoms with Gasteiger partial charge < -0.3 is 0 Å². The van der Waals surface area contributed by atoms with Gasteiger partial charge in [-0.1, -0.05) is 169 Å². The highest BCUT2D eigenvalue weighted by Crippen LogP contribution is 2.27. The maximum absolute atomic E-state index is 2.64. The van der Waals surface area contributed by atoms with Crippen LogP contribution in [0.25, 0.3) is 21.5 Å². The van der Waals surface area contributed by atoms with Crippen molar-refractivity contribution in [2.24, 2.45) is 0 Å². The van der Waals surface area contributed by atoms with Crippen LogP contribution in [0.15, 0.2) is 146 Å². The molecule has 0 saturated carbocycles. The van der Waals surface area contributed by atoms with Crippen molar-refractivity contribution in [1.82, 2.24) is 0 Å². The summed E-state index contributed by atoms with van der Waals surface area (Å²) in [5.41, 5.74) is 0. The van der Waals surface area contributed by atoms with Gasteiger partial charge in [-0.15, -0.1) is 0 Å². The summed E-state index contributed by atoms with van der Waals surface area (Å²) < 4.78 is 0. The van der Waals surface area contributed by atoms with E-state index in [1.54, 1.807) is 0 Å². The molecule has 6 aromatic rings. The molecule has 0 fully saturated rings. The van der Waals surface area contributed by atoms with Crippen molar-refractivity contribution in [3.05, 3.63) is 146 Å². The van der Waals surface area contributed by atoms with Gasteiger partial charge in [0.1, 0.15) is 15.2 Å². The van der Waals surface area contributed by atoms with E-state index in [1.165, 1.54) is 42.3 Å². The van der Waals surface area contributed by atoms with Crippen LogP contribution in [0.5, 0.6) is 0 Å². The summed E-state index contributed by atoms with van der Waals surface area (Å²) in [6, 6.07) is 54.7. The second kappa shape index (κ2) is 9.05. The van der Waals surface area contributed by atoms with Gasteiger partial charge in [-0.3, -0.25) is 0 Å². The first-order valence-electron chi connectivity index (χ1n) is 12.7. The molecule has 0 nitrogen and oxygen atoms in total. The summed E-state index contributed by atoms with van der Waals surface area (Å²) in [7, 11) is -4.76. The standard InChI is InChI=1S/C34H30Si2/c1-35(29-19-5-3-6-20-29,33-25-13-17-27-15-9-11-23-31(27)33)36(2,30-21-7-4-8-22-30)34-26-14-18-28-16-10-12-24-32(28)34/h3-26H,1-2H3/t35-,36-/m1/s1. The number of hydrogen-bond acceptors (Lipinski definition) is 0. The highest BCUT2D eigenvalue weighted by molar-refractivity contribution is 7.59. The molecular formula is C34H30Si2. The first-order valence-corrected chi connectivity index (χ1v) is 18.7. The quantitative estimate of drug-likeness (QED) is 0.252. The average Bonchev–Trinajstić information content (AvgIpc) is 2.96. The van der Waals surface area contributed by atoms with E-state index in [0.29, 0.717) is 0 Å². The summed E-state index contributed by atoms with van der Waals surface area (Å²) in [6.07, 6.45) is 0. The zero-order chi connectivity index (χ0) is 24.6. The van der Waals surface area contributed by atoms with Crippen LogP contribution in [-0.2, 0) is 0 Å². The van der Waals surface area contributed by atoms with Crippen molar-refractivity contribution in [3.63, 3.8) is 0 Å². The molecule has 0 aliphatic heterocycles. The predicted molar refractivity (Wildman–Crippen MR) is 163 cm³/mol. The van der Waals surface area contributed by atoms with Crippen LogP contribution in [0, 0.1) is 0 Å². The molecule has 0 spiro atoms. The minimum Gasteiger partial charge on any atom is -0.0628 e. The van der Waals surface area contributed by atoms with Gasteiger partial charge in [-0.25, -0.2) is 0 Å². The third-order valence-corrected chi connectivity index (χ3v) is 25.7. The Morgan fingerprint density at radius 3 is 1.08 bits per heavy atom. The zero-order valence-corrected chi connectivity index (χ0v) is 22.9. The van der Waals surface area contributed by atoms with Gasteiger partial charge in [0.05, 0.1) is 0 Å². The Balaban J connectivity index is 1.81. The highest BCUT2D eigenvalue weighted by atomic mass is 29.3. The highest BCUT2D eigenvalue weighted by Gasteiger charge is 2.54. The van der Waals surface area contributed by atoms with Gasteiger partial charge >= 0.3 is 0 Å². The normalized spacial score (nSPS) is 14.8. The van der Waals surface area contributed by atoms with E-state index < -0.39 is 15.2 Å². The zero-order valence-electron chi connectivity index (χ0n) is 20.9. The molecule has 2 heteroatoms. The third-order valence-electron chi connectivity index (χ3n) is 8.36. The lowest BCUT2D eigenvalue weighted by molar-refractivity contribution is 1.69. The molecule has 2 atom stereocenters. The summed E-state index contributed by atoms with van der Waals surface area (Å²) in [5.74, 6) is 0. The molecule has 0 saturated heterocycles. The van der Waals surface area contributed by atoms with Crippen LogP contribution in [-0.4, -0.2) is 15.2 Å². The van der Waals surface area contributed by atoms with Crippen molar-refractivity contribution in [2.75, 3.05) is 0 Å². The van der Waals surface area contributed by atoms with Crippen LogP contribution < -0.4 is 20.7 Å². The second-order valence-corrected chi connectivity index (χ2v) is 22.8. The molecule has 0 N–H and O–H groups in total. The van der Waals surface area contributed by atoms with E-state index >= 15 is 0 Å². The Labute approximate surface area is 215 Å². The smallest absolute Gasteiger partial charge is 0.0628 e. The Kier molecular flexibility index (Phi) is 5.71. The molecule has 0 heterocycles. The van der Waals surface area contributed by atoms with Crippen LogP contribution in [0.4, 0.5) is 0 Å². The van der Waals surface area contributed by atoms with E-state index in [0.717, 1.165) is 0 Å². The van der Waals surface area contributed by atoms with Crippen molar-refractivity contribution in [2.45, 2.75) is 13.1 Å². The minimum atomic E-state index is -2.38. The van der Waals surface area contributed by atoms with Gasteiger partial charge in [-0.2, -0.15) is 0 Å². The van der Waals surface area contributed by atoms with Gasteiger partial charge in [0.15, 0.2) is 0 Å². The first kappa shape index (κ1) is 22.7. The fourth-order valence-corrected chi connectivity index (χ4v) is 22.3. The SMILES string of the molecule is C[Si@@](c1ccccc1)(c1cccc2ccccc12)[Si@](C)(c1ccccc1)c1cccc2ccccc12. The molecule has 0 aliphatic carbocycles. The predicted octanol–water partition coefficient (Wildman–Crippen LogP) is 6.16. The fourth-order valence-electron chi connectivity index (χ4n) is 6.29. The lowest BCUT2D eigenvalue weighted by Gasteiger charge is -2.46. The average molecular weight is 495 g/mol. The van der Waals surface area contributed by atoms with Gasteiger partial charge in [0, 0.05) is 0 Å². The molecule has 0 amide bonds. The minimum absolute atomic E-state index is 1.33. The Morgan fingerprint density at radius 1 is 0.333 bits per heavy atom. The van der Waals surface area contributed by atoms with Crippen molar-refractivity contribution < 1.29 is 0 Å². The maximum atomic E-state index is 2.64. The second-order valence-electron chi connectivity index (χ2n) is 10.0. The molecule has 0 unspecified atom stereocenters. The summed E-state index contributed by atoms with van der Waals surface area (Å²) in [5, 5.41) is 11.5. The maximum Gasteiger partial charge on any atom is 0.119 e. The molecule has 6 aromatic carbocycles. The van der Waals surface area contributed by atoms with Crippen LogP contribution in [0.1, 0.15) is 0 Å². The van der Waals surface area contributed by atoms with E-state index in [4.69, 9.17) is 0 Å². The molecule has 36 heavy (non-hydrogen) atoms. The number of benzene rings is 6. The van der Waals surface area contributed by atoms with Gasteiger partial charge in [0.2, 0.25) is 0 Å². The van der Waals surface area contributed by atoms with E-state index in [2.05, 4.69) is 159 Å². The molecule has 0 aliphatic rings. The molecular weight excluding hydrogens is 465 g/mol. The van der Waals surface area contributed by atoms with Crippen molar-refractivity contribution in [3.8, 4) is 0 Å². The van der Waals surface area contributed by atoms with Crippen LogP contribution >= 0.6 is 0 Å². The van der Waals surface area contributed by atoms with Crippen LogP contribution in [0.3, 0.4) is 0 Å². The lowest BCUT2D eigenvalue weighted by atomic mass is 10.1. The molecule has 6 rings (SSSR count). The molecule has 0 radical (unpaired) electrons. The summed E-state index contributed by atoms with van der Waals surface area (Å²) in [4.78, 5) is 0. The summed E-state index contributed by atoms with van der Waals surface area (Å²) in [6.45, 7) is 5.29. The Morgan fingerprint density at radius 2 is 0.667 bits per heavy atom. The number of fused-ring (bicyclic) bond motifs is 2. The molecule has 0 bridgehead atoms. The van der Waals surface area contributed by atoms with E-state index in [-0.39, 0.29) is 0 Å². The van der Waals surface area contributed by atoms with Crippen LogP contribution in [0.2, 0.25) is 13.1 Å². The third kappa shape index (κ3) is 3.41. The van der Waals surface area contributed by atoms with Gasteiger partial charge in [0.25, 0.3) is 0 Å². The Bertz CT molecular complexity index is 1520. The van der Waals surface area contributed by atoms with E-state index in [9.17, 15) is 0 Å². The van der Waals surface area contributed by atoms with Crippen molar-refractivity contribution in [1.29, 1.82) is 0 Å². The largest absolute Gasteiger partial charge is 0.119 e. The number of hydrogen-bond donors (Lipinski definition) is 0. The number of rotatable bonds is 5. The molecule has 174 valence electrons. The lowest BCUT2D eigenvalue weighted by Crippen LogP contribution is -2.83. The monoisotopic (exact) mass is 494 g/mol. The van der Waals surface area contributed by atoms with E-state index in [1.807, 2.05) is 0 Å². The Hall–Kier alpha value is -3.73.